The van der Waals surface area contributed by atoms with Crippen molar-refractivity contribution in [2.75, 3.05) is 6.61 Å². The van der Waals surface area contributed by atoms with Crippen LogP contribution in [0.15, 0.2) is 60.7 Å². The van der Waals surface area contributed by atoms with Crippen molar-refractivity contribution >= 4 is 5.97 Å². The van der Waals surface area contributed by atoms with Gasteiger partial charge in [0.25, 0.3) is 0 Å². The lowest BCUT2D eigenvalue weighted by Crippen LogP contribution is -2.01. The Morgan fingerprint density at radius 1 is 0.846 bits per heavy atom. The number of benzene rings is 3. The monoisotopic (exact) mass is 354 g/mol. The van der Waals surface area contributed by atoms with Crippen LogP contribution >= 0.6 is 0 Å². The zero-order valence-corrected chi connectivity index (χ0v) is 14.0. The molecule has 0 saturated heterocycles. The molecule has 0 unspecified atom stereocenters. The first-order valence-corrected chi connectivity index (χ1v) is 8.07. The summed E-state index contributed by atoms with van der Waals surface area (Å²) < 4.78 is 34.0. The van der Waals surface area contributed by atoms with Crippen molar-refractivity contribution in [2.24, 2.45) is 0 Å². The van der Waals surface area contributed by atoms with Gasteiger partial charge in [0.15, 0.2) is 11.6 Å². The lowest BCUT2D eigenvalue weighted by atomic mass is 9.91. The van der Waals surface area contributed by atoms with Gasteiger partial charge in [-0.25, -0.2) is 9.18 Å². The molecular weight excluding hydrogens is 338 g/mol. The molecule has 0 atom stereocenters. The molecule has 1 N–H and O–H groups in total. The molecule has 0 radical (unpaired) electrons. The van der Waals surface area contributed by atoms with E-state index in [9.17, 15) is 18.7 Å². The molecule has 3 aromatic rings. The first-order chi connectivity index (χ1) is 12.5. The Kier molecular flexibility index (Phi) is 4.98. The van der Waals surface area contributed by atoms with Crippen LogP contribution in [0, 0.1) is 11.6 Å². The Labute approximate surface area is 149 Å². The lowest BCUT2D eigenvalue weighted by molar-refractivity contribution is 0.0697. The standard InChI is InChI=1S/C21H16F2O3/c1-2-26-18-12-11-16(19(22)20(18)23)14-8-4-3-7-13(14)15-9-5-6-10-17(15)21(24)25/h3-12H,2H2,1H3,(H,24,25). The second-order valence-corrected chi connectivity index (χ2v) is 5.57. The van der Waals surface area contributed by atoms with Crippen LogP contribution in [0.1, 0.15) is 17.3 Å². The molecule has 0 fully saturated rings. The van der Waals surface area contributed by atoms with Crippen molar-refractivity contribution in [1.29, 1.82) is 0 Å². The summed E-state index contributed by atoms with van der Waals surface area (Å²) >= 11 is 0. The Bertz CT molecular complexity index is 967. The van der Waals surface area contributed by atoms with Crippen LogP contribution in [0.2, 0.25) is 0 Å². The fourth-order valence-corrected chi connectivity index (χ4v) is 2.86. The largest absolute Gasteiger partial charge is 0.491 e. The van der Waals surface area contributed by atoms with Crippen LogP contribution < -0.4 is 4.74 Å². The molecule has 3 rings (SSSR count). The normalized spacial score (nSPS) is 10.6. The van der Waals surface area contributed by atoms with Gasteiger partial charge in [0, 0.05) is 5.56 Å². The third kappa shape index (κ3) is 3.16. The molecule has 0 saturated carbocycles. The number of ether oxygens (including phenoxy) is 1. The van der Waals surface area contributed by atoms with E-state index in [1.54, 1.807) is 49.4 Å². The van der Waals surface area contributed by atoms with Crippen LogP contribution in [-0.4, -0.2) is 17.7 Å². The summed E-state index contributed by atoms with van der Waals surface area (Å²) in [4.78, 5) is 11.5. The zero-order valence-electron chi connectivity index (χ0n) is 14.0. The second kappa shape index (κ2) is 7.35. The highest BCUT2D eigenvalue weighted by Gasteiger charge is 2.20. The highest BCUT2D eigenvalue weighted by atomic mass is 19.2. The van der Waals surface area contributed by atoms with E-state index in [0.29, 0.717) is 16.7 Å². The number of aromatic carboxylic acids is 1. The van der Waals surface area contributed by atoms with Gasteiger partial charge in [0.2, 0.25) is 5.82 Å². The number of rotatable bonds is 5. The molecule has 0 bridgehead atoms. The fourth-order valence-electron chi connectivity index (χ4n) is 2.86. The predicted molar refractivity (Wildman–Crippen MR) is 95.4 cm³/mol. The third-order valence-electron chi connectivity index (χ3n) is 4.01. The average molecular weight is 354 g/mol. The van der Waals surface area contributed by atoms with E-state index in [4.69, 9.17) is 4.74 Å². The van der Waals surface area contributed by atoms with Gasteiger partial charge in [-0.2, -0.15) is 4.39 Å². The van der Waals surface area contributed by atoms with E-state index in [1.165, 1.54) is 18.2 Å². The van der Waals surface area contributed by atoms with Gasteiger partial charge in [-0.05, 0) is 41.8 Å². The maximum Gasteiger partial charge on any atom is 0.336 e. The van der Waals surface area contributed by atoms with Gasteiger partial charge < -0.3 is 9.84 Å². The van der Waals surface area contributed by atoms with E-state index in [2.05, 4.69) is 0 Å². The van der Waals surface area contributed by atoms with Crippen molar-refractivity contribution in [3.63, 3.8) is 0 Å². The number of hydrogen-bond acceptors (Lipinski definition) is 2. The first-order valence-electron chi connectivity index (χ1n) is 8.07. The van der Waals surface area contributed by atoms with Crippen molar-refractivity contribution in [1.82, 2.24) is 0 Å². The third-order valence-corrected chi connectivity index (χ3v) is 4.01. The van der Waals surface area contributed by atoms with Gasteiger partial charge in [-0.3, -0.25) is 0 Å². The Morgan fingerprint density at radius 2 is 1.42 bits per heavy atom. The van der Waals surface area contributed by atoms with Crippen LogP contribution in [0.5, 0.6) is 5.75 Å². The van der Waals surface area contributed by atoms with Crippen molar-refractivity contribution in [2.45, 2.75) is 6.92 Å². The summed E-state index contributed by atoms with van der Waals surface area (Å²) in [7, 11) is 0. The van der Waals surface area contributed by atoms with E-state index >= 15 is 0 Å². The molecule has 0 spiro atoms. The van der Waals surface area contributed by atoms with E-state index in [1.807, 2.05) is 0 Å². The summed E-state index contributed by atoms with van der Waals surface area (Å²) in [5, 5.41) is 9.43. The predicted octanol–water partition coefficient (Wildman–Crippen LogP) is 5.40. The van der Waals surface area contributed by atoms with Gasteiger partial charge in [0.1, 0.15) is 0 Å². The van der Waals surface area contributed by atoms with Crippen molar-refractivity contribution < 1.29 is 23.4 Å². The molecule has 0 aliphatic rings. The van der Waals surface area contributed by atoms with Crippen LogP contribution in [-0.2, 0) is 0 Å². The SMILES string of the molecule is CCOc1ccc(-c2ccccc2-c2ccccc2C(=O)O)c(F)c1F. The number of carboxylic acid groups (broad SMARTS) is 1. The summed E-state index contributed by atoms with van der Waals surface area (Å²) in [5.41, 5.74) is 1.48. The smallest absolute Gasteiger partial charge is 0.336 e. The number of carbonyl (C=O) groups is 1. The Balaban J connectivity index is 2.22. The lowest BCUT2D eigenvalue weighted by Gasteiger charge is -2.14. The molecule has 0 aliphatic carbocycles. The first kappa shape index (κ1) is 17.6. The van der Waals surface area contributed by atoms with Crippen LogP contribution in [0.3, 0.4) is 0 Å². The van der Waals surface area contributed by atoms with Gasteiger partial charge in [-0.15, -0.1) is 0 Å². The topological polar surface area (TPSA) is 46.5 Å². The molecule has 5 heteroatoms. The molecular formula is C21H16F2O3. The van der Waals surface area contributed by atoms with Gasteiger partial charge in [0.05, 0.1) is 12.2 Å². The zero-order chi connectivity index (χ0) is 18.7. The van der Waals surface area contributed by atoms with Crippen LogP contribution in [0.25, 0.3) is 22.3 Å². The molecule has 0 aliphatic heterocycles. The Hall–Kier alpha value is -3.21. The molecule has 3 nitrogen and oxygen atoms in total. The number of carboxylic acids is 1. The summed E-state index contributed by atoms with van der Waals surface area (Å²) in [6.07, 6.45) is 0. The number of hydrogen-bond donors (Lipinski definition) is 1. The quantitative estimate of drug-likeness (QED) is 0.668. The number of halogens is 2. The molecule has 132 valence electrons. The van der Waals surface area contributed by atoms with Gasteiger partial charge >= 0.3 is 5.97 Å². The molecule has 26 heavy (non-hydrogen) atoms. The second-order valence-electron chi connectivity index (χ2n) is 5.57. The van der Waals surface area contributed by atoms with E-state index in [0.717, 1.165) is 0 Å². The van der Waals surface area contributed by atoms with Crippen molar-refractivity contribution in [3.8, 4) is 28.0 Å². The highest BCUT2D eigenvalue weighted by molar-refractivity contribution is 5.98. The van der Waals surface area contributed by atoms with E-state index < -0.39 is 17.6 Å². The molecule has 3 aromatic carbocycles. The van der Waals surface area contributed by atoms with Gasteiger partial charge in [-0.1, -0.05) is 42.5 Å². The summed E-state index contributed by atoms with van der Waals surface area (Å²) in [5.74, 6) is -3.34. The minimum Gasteiger partial charge on any atom is -0.491 e. The maximum atomic E-state index is 14.7. The maximum absolute atomic E-state index is 14.7. The highest BCUT2D eigenvalue weighted by Crippen LogP contribution is 2.37. The average Bonchev–Trinajstić information content (AvgIpc) is 2.66. The minimum absolute atomic E-state index is 0.0433. The minimum atomic E-state index is -1.09. The van der Waals surface area contributed by atoms with E-state index in [-0.39, 0.29) is 23.5 Å². The van der Waals surface area contributed by atoms with Crippen LogP contribution in [0.4, 0.5) is 8.78 Å². The summed E-state index contributed by atoms with van der Waals surface area (Å²) in [6, 6.07) is 16.0. The fraction of sp³-hybridized carbons (Fsp3) is 0.0952. The molecule has 0 amide bonds. The Morgan fingerprint density at radius 3 is 2.04 bits per heavy atom. The molecule has 0 aromatic heterocycles. The van der Waals surface area contributed by atoms with Crippen molar-refractivity contribution in [3.05, 3.63) is 77.9 Å². The molecule has 0 heterocycles. The summed E-state index contributed by atoms with van der Waals surface area (Å²) in [6.45, 7) is 1.90.